The standard InChI is InChI=1S/C25H27N5O5/c1-3-22(24(32)33)29(2)23(31)14-30-13-16(27-28-30)12-26-25(34)35-15-21-19-10-6-4-8-17(19)18-9-5-7-11-20(18)21/h4-11,13,21-22H,3,12,14-15H2,1-2H3,(H,26,34)(H,32,33). The molecule has 2 aromatic carbocycles. The Morgan fingerprint density at radius 2 is 1.74 bits per heavy atom. The molecule has 182 valence electrons. The highest BCUT2D eigenvalue weighted by molar-refractivity contribution is 5.83. The van der Waals surface area contributed by atoms with E-state index in [0.717, 1.165) is 22.3 Å². The number of aliphatic carboxylic acids is 1. The molecule has 2 N–H and O–H groups in total. The van der Waals surface area contributed by atoms with Crippen molar-refractivity contribution in [1.29, 1.82) is 0 Å². The molecule has 1 aromatic heterocycles. The number of fused-ring (bicyclic) bond motifs is 3. The van der Waals surface area contributed by atoms with Gasteiger partial charge in [0, 0.05) is 13.0 Å². The van der Waals surface area contributed by atoms with Crippen LogP contribution in [0.3, 0.4) is 0 Å². The number of nitrogens with one attached hydrogen (secondary N) is 1. The number of carbonyl (C=O) groups is 3. The number of aromatic nitrogens is 3. The fourth-order valence-corrected chi connectivity index (χ4v) is 4.35. The number of amides is 2. The summed E-state index contributed by atoms with van der Waals surface area (Å²) in [5.41, 5.74) is 5.02. The molecular formula is C25H27N5O5. The van der Waals surface area contributed by atoms with Crippen LogP contribution in [0.25, 0.3) is 11.1 Å². The summed E-state index contributed by atoms with van der Waals surface area (Å²) in [5, 5.41) is 19.7. The molecule has 0 saturated carbocycles. The monoisotopic (exact) mass is 477 g/mol. The molecule has 0 bridgehead atoms. The minimum absolute atomic E-state index is 0.0326. The molecule has 1 atom stereocenters. The second-order valence-corrected chi connectivity index (χ2v) is 8.35. The second-order valence-electron chi connectivity index (χ2n) is 8.35. The molecule has 35 heavy (non-hydrogen) atoms. The highest BCUT2D eigenvalue weighted by Crippen LogP contribution is 2.44. The van der Waals surface area contributed by atoms with Gasteiger partial charge in [0.1, 0.15) is 24.9 Å². The molecule has 0 radical (unpaired) electrons. The van der Waals surface area contributed by atoms with Crippen molar-refractivity contribution in [3.8, 4) is 11.1 Å². The zero-order valence-corrected chi connectivity index (χ0v) is 19.5. The average molecular weight is 478 g/mol. The summed E-state index contributed by atoms with van der Waals surface area (Å²) in [6, 6.07) is 15.3. The van der Waals surface area contributed by atoms with Gasteiger partial charge in [-0.15, -0.1) is 5.10 Å². The van der Waals surface area contributed by atoms with Gasteiger partial charge in [-0.3, -0.25) is 4.79 Å². The highest BCUT2D eigenvalue weighted by atomic mass is 16.5. The lowest BCUT2D eigenvalue weighted by molar-refractivity contribution is -0.149. The Balaban J connectivity index is 1.29. The molecule has 3 aromatic rings. The Labute approximate surface area is 202 Å². The van der Waals surface area contributed by atoms with Crippen molar-refractivity contribution < 1.29 is 24.2 Å². The van der Waals surface area contributed by atoms with E-state index in [4.69, 9.17) is 4.74 Å². The summed E-state index contributed by atoms with van der Waals surface area (Å²) in [6.07, 6.45) is 1.24. The number of carbonyl (C=O) groups excluding carboxylic acids is 2. The summed E-state index contributed by atoms with van der Waals surface area (Å²) in [7, 11) is 1.45. The number of alkyl carbamates (subject to hydrolysis) is 1. The van der Waals surface area contributed by atoms with Crippen LogP contribution >= 0.6 is 0 Å². The number of hydrogen-bond acceptors (Lipinski definition) is 6. The molecule has 1 heterocycles. The van der Waals surface area contributed by atoms with Crippen molar-refractivity contribution >= 4 is 18.0 Å². The molecule has 10 heteroatoms. The third-order valence-corrected chi connectivity index (χ3v) is 6.17. The van der Waals surface area contributed by atoms with Crippen LogP contribution in [-0.2, 0) is 27.4 Å². The van der Waals surface area contributed by atoms with E-state index in [2.05, 4.69) is 39.9 Å². The largest absolute Gasteiger partial charge is 0.480 e. The molecule has 1 aliphatic carbocycles. The van der Waals surface area contributed by atoms with Crippen LogP contribution in [0.1, 0.15) is 36.1 Å². The third-order valence-electron chi connectivity index (χ3n) is 6.17. The van der Waals surface area contributed by atoms with E-state index in [-0.39, 0.29) is 25.6 Å². The SMILES string of the molecule is CCC(C(=O)O)N(C)C(=O)Cn1cc(CNC(=O)OCC2c3ccccc3-c3ccccc32)nn1. The normalized spacial score (nSPS) is 13.0. The van der Waals surface area contributed by atoms with E-state index in [1.165, 1.54) is 22.8 Å². The molecule has 4 rings (SSSR count). The lowest BCUT2D eigenvalue weighted by atomic mass is 9.98. The van der Waals surface area contributed by atoms with E-state index in [9.17, 15) is 19.5 Å². The van der Waals surface area contributed by atoms with Crippen LogP contribution in [0, 0.1) is 0 Å². The maximum absolute atomic E-state index is 12.4. The van der Waals surface area contributed by atoms with Gasteiger partial charge in [-0.1, -0.05) is 60.7 Å². The molecule has 2 amide bonds. The van der Waals surface area contributed by atoms with Crippen LogP contribution in [0.15, 0.2) is 54.7 Å². The summed E-state index contributed by atoms with van der Waals surface area (Å²) in [5.74, 6) is -1.50. The predicted molar refractivity (Wildman–Crippen MR) is 126 cm³/mol. The zero-order chi connectivity index (χ0) is 24.9. The van der Waals surface area contributed by atoms with Crippen molar-refractivity contribution in [2.75, 3.05) is 13.7 Å². The number of ether oxygens (including phenoxy) is 1. The Kier molecular flexibility index (Phi) is 7.09. The van der Waals surface area contributed by atoms with Crippen LogP contribution in [0.4, 0.5) is 4.79 Å². The van der Waals surface area contributed by atoms with Gasteiger partial charge in [0.15, 0.2) is 0 Å². The summed E-state index contributed by atoms with van der Waals surface area (Å²) < 4.78 is 6.81. The Morgan fingerprint density at radius 3 is 2.34 bits per heavy atom. The Morgan fingerprint density at radius 1 is 1.11 bits per heavy atom. The molecular weight excluding hydrogens is 450 g/mol. The number of hydrogen-bond donors (Lipinski definition) is 2. The maximum atomic E-state index is 12.4. The molecule has 1 aliphatic rings. The van der Waals surface area contributed by atoms with Gasteiger partial charge in [-0.05, 0) is 28.7 Å². The number of carboxylic acids is 1. The van der Waals surface area contributed by atoms with E-state index >= 15 is 0 Å². The number of rotatable bonds is 9. The van der Waals surface area contributed by atoms with Crippen molar-refractivity contribution in [3.05, 3.63) is 71.5 Å². The molecule has 0 aliphatic heterocycles. The van der Waals surface area contributed by atoms with Crippen LogP contribution in [0.5, 0.6) is 0 Å². The molecule has 0 spiro atoms. The van der Waals surface area contributed by atoms with E-state index in [0.29, 0.717) is 12.1 Å². The van der Waals surface area contributed by atoms with Gasteiger partial charge in [0.05, 0.1) is 12.7 Å². The van der Waals surface area contributed by atoms with Crippen molar-refractivity contribution in [3.63, 3.8) is 0 Å². The Bertz CT molecular complexity index is 1190. The van der Waals surface area contributed by atoms with Crippen molar-refractivity contribution in [2.24, 2.45) is 0 Å². The molecule has 0 fully saturated rings. The van der Waals surface area contributed by atoms with Crippen LogP contribution < -0.4 is 5.32 Å². The third kappa shape index (κ3) is 5.16. The smallest absolute Gasteiger partial charge is 0.407 e. The van der Waals surface area contributed by atoms with Gasteiger partial charge in [0.2, 0.25) is 5.91 Å². The molecule has 0 saturated heterocycles. The van der Waals surface area contributed by atoms with Gasteiger partial charge < -0.3 is 20.1 Å². The van der Waals surface area contributed by atoms with E-state index in [1.807, 2.05) is 24.3 Å². The maximum Gasteiger partial charge on any atom is 0.407 e. The minimum atomic E-state index is -1.06. The molecule has 10 nitrogen and oxygen atoms in total. The first-order valence-electron chi connectivity index (χ1n) is 11.3. The topological polar surface area (TPSA) is 127 Å². The Hall–Kier alpha value is -4.21. The zero-order valence-electron chi connectivity index (χ0n) is 19.5. The van der Waals surface area contributed by atoms with E-state index < -0.39 is 24.0 Å². The van der Waals surface area contributed by atoms with Gasteiger partial charge in [-0.2, -0.15) is 0 Å². The van der Waals surface area contributed by atoms with Gasteiger partial charge in [-0.25, -0.2) is 14.3 Å². The average Bonchev–Trinajstić information content (AvgIpc) is 3.43. The van der Waals surface area contributed by atoms with Crippen molar-refractivity contribution in [1.82, 2.24) is 25.2 Å². The lowest BCUT2D eigenvalue weighted by Gasteiger charge is -2.23. The summed E-state index contributed by atoms with van der Waals surface area (Å²) >= 11 is 0. The fraction of sp³-hybridized carbons (Fsp3) is 0.320. The minimum Gasteiger partial charge on any atom is -0.480 e. The highest BCUT2D eigenvalue weighted by Gasteiger charge is 2.29. The number of likely N-dealkylation sites (N-methyl/N-ethyl adjacent to an activating group) is 1. The predicted octanol–water partition coefficient (Wildman–Crippen LogP) is 2.64. The number of benzene rings is 2. The number of carboxylic acid groups (broad SMARTS) is 1. The van der Waals surface area contributed by atoms with E-state index in [1.54, 1.807) is 6.92 Å². The molecule has 1 unspecified atom stereocenters. The lowest BCUT2D eigenvalue weighted by Crippen LogP contribution is -2.43. The first-order chi connectivity index (χ1) is 16.9. The van der Waals surface area contributed by atoms with Crippen LogP contribution in [0.2, 0.25) is 0 Å². The number of nitrogens with zero attached hydrogens (tertiary/aromatic N) is 4. The van der Waals surface area contributed by atoms with Gasteiger partial charge in [0.25, 0.3) is 0 Å². The first-order valence-corrected chi connectivity index (χ1v) is 11.3. The second kappa shape index (κ2) is 10.4. The van der Waals surface area contributed by atoms with Crippen molar-refractivity contribution in [2.45, 2.75) is 38.4 Å². The fourth-order valence-electron chi connectivity index (χ4n) is 4.35. The van der Waals surface area contributed by atoms with Gasteiger partial charge >= 0.3 is 12.1 Å². The summed E-state index contributed by atoms with van der Waals surface area (Å²) in [4.78, 5) is 37.1. The first kappa shape index (κ1) is 23.9. The quantitative estimate of drug-likeness (QED) is 0.485. The van der Waals surface area contributed by atoms with Crippen LogP contribution in [-0.4, -0.2) is 62.7 Å². The summed E-state index contributed by atoms with van der Waals surface area (Å²) in [6.45, 7) is 1.83.